The van der Waals surface area contributed by atoms with E-state index in [1.165, 1.54) is 23.9 Å². The van der Waals surface area contributed by atoms with Crippen LogP contribution in [0, 0.1) is 5.82 Å². The summed E-state index contributed by atoms with van der Waals surface area (Å²) in [6.07, 6.45) is 1.78. The topological polar surface area (TPSA) is 44.8 Å². The lowest BCUT2D eigenvalue weighted by atomic mass is 10.0. The second kappa shape index (κ2) is 7.83. The summed E-state index contributed by atoms with van der Waals surface area (Å²) in [4.78, 5) is 13.5. The Morgan fingerprint density at radius 2 is 1.85 bits per heavy atom. The maximum atomic E-state index is 13.5. The molecule has 1 heterocycles. The first-order valence-corrected chi connectivity index (χ1v) is 9.12. The highest BCUT2D eigenvalue weighted by Crippen LogP contribution is 2.40. The van der Waals surface area contributed by atoms with Gasteiger partial charge in [-0.3, -0.25) is 4.79 Å². The van der Waals surface area contributed by atoms with E-state index < -0.39 is 5.82 Å². The third kappa shape index (κ3) is 3.55. The Morgan fingerprint density at radius 1 is 1.15 bits per heavy atom. The number of carbonyl (C=O) groups is 1. The van der Waals surface area contributed by atoms with Crippen LogP contribution in [0.25, 0.3) is 6.08 Å². The summed E-state index contributed by atoms with van der Waals surface area (Å²) in [5, 5.41) is 0. The SMILES string of the molecule is CCOc1c(OC)cc(/C=C2/CSc3ccc(F)cc3C2=O)cc1OC. The largest absolute Gasteiger partial charge is 0.493 e. The summed E-state index contributed by atoms with van der Waals surface area (Å²) in [7, 11) is 3.10. The van der Waals surface area contributed by atoms with Gasteiger partial charge in [-0.1, -0.05) is 0 Å². The maximum Gasteiger partial charge on any atom is 0.203 e. The molecule has 0 saturated carbocycles. The van der Waals surface area contributed by atoms with Crippen LogP contribution in [0.2, 0.25) is 0 Å². The van der Waals surface area contributed by atoms with Gasteiger partial charge in [-0.2, -0.15) is 0 Å². The van der Waals surface area contributed by atoms with E-state index >= 15 is 0 Å². The zero-order valence-electron chi connectivity index (χ0n) is 14.8. The zero-order chi connectivity index (χ0) is 18.7. The van der Waals surface area contributed by atoms with Gasteiger partial charge in [0.25, 0.3) is 0 Å². The standard InChI is InChI=1S/C20H19FO4S/c1-4-25-20-16(23-2)8-12(9-17(20)24-3)7-13-11-26-18-6-5-14(21)10-15(18)19(13)22/h5-10H,4,11H2,1-3H3/b13-7-. The Balaban J connectivity index is 2.01. The van der Waals surface area contributed by atoms with Crippen molar-refractivity contribution >= 4 is 23.6 Å². The third-order valence-electron chi connectivity index (χ3n) is 3.97. The van der Waals surface area contributed by atoms with Crippen LogP contribution >= 0.6 is 11.8 Å². The van der Waals surface area contributed by atoms with Gasteiger partial charge in [0.15, 0.2) is 17.3 Å². The molecule has 0 aromatic heterocycles. The molecule has 6 heteroatoms. The lowest BCUT2D eigenvalue weighted by Crippen LogP contribution is -2.12. The quantitative estimate of drug-likeness (QED) is 0.715. The van der Waals surface area contributed by atoms with Gasteiger partial charge in [0.2, 0.25) is 5.75 Å². The van der Waals surface area contributed by atoms with Gasteiger partial charge in [0, 0.05) is 21.8 Å². The highest BCUT2D eigenvalue weighted by Gasteiger charge is 2.23. The third-order valence-corrected chi connectivity index (χ3v) is 5.10. The molecule has 1 aliphatic heterocycles. The molecule has 0 saturated heterocycles. The second-order valence-corrected chi connectivity index (χ2v) is 6.63. The van der Waals surface area contributed by atoms with E-state index in [-0.39, 0.29) is 5.78 Å². The fourth-order valence-corrected chi connectivity index (χ4v) is 3.77. The number of Topliss-reactive ketones (excluding diaryl/α,β-unsaturated/α-hetero) is 1. The van der Waals surface area contributed by atoms with Crippen molar-refractivity contribution < 1.29 is 23.4 Å². The smallest absolute Gasteiger partial charge is 0.203 e. The molecule has 0 N–H and O–H groups in total. The average molecular weight is 374 g/mol. The van der Waals surface area contributed by atoms with Crippen LogP contribution in [0.3, 0.4) is 0 Å². The Bertz CT molecular complexity index is 851. The molecule has 0 atom stereocenters. The van der Waals surface area contributed by atoms with Crippen LogP contribution in [0.1, 0.15) is 22.8 Å². The molecule has 2 aromatic carbocycles. The van der Waals surface area contributed by atoms with E-state index in [2.05, 4.69) is 0 Å². The van der Waals surface area contributed by atoms with Crippen molar-refractivity contribution in [3.8, 4) is 17.2 Å². The molecule has 4 nitrogen and oxygen atoms in total. The number of fused-ring (bicyclic) bond motifs is 1. The van der Waals surface area contributed by atoms with Crippen LogP contribution in [0.15, 0.2) is 40.8 Å². The minimum atomic E-state index is -0.414. The molecule has 0 fully saturated rings. The molecule has 26 heavy (non-hydrogen) atoms. The number of ketones is 1. The van der Waals surface area contributed by atoms with Gasteiger partial charge >= 0.3 is 0 Å². The van der Waals surface area contributed by atoms with Crippen LogP contribution in [-0.2, 0) is 0 Å². The number of methoxy groups -OCH3 is 2. The van der Waals surface area contributed by atoms with E-state index in [0.29, 0.717) is 40.7 Å². The van der Waals surface area contributed by atoms with Crippen molar-refractivity contribution in [3.63, 3.8) is 0 Å². The maximum absolute atomic E-state index is 13.5. The molecular formula is C20H19FO4S. The number of halogens is 1. The predicted molar refractivity (Wildman–Crippen MR) is 100 cm³/mol. The Labute approximate surface area is 156 Å². The highest BCUT2D eigenvalue weighted by molar-refractivity contribution is 7.99. The van der Waals surface area contributed by atoms with E-state index in [4.69, 9.17) is 14.2 Å². The van der Waals surface area contributed by atoms with Crippen LogP contribution in [0.5, 0.6) is 17.2 Å². The highest BCUT2D eigenvalue weighted by atomic mass is 32.2. The normalized spacial score (nSPS) is 14.9. The zero-order valence-corrected chi connectivity index (χ0v) is 15.6. The van der Waals surface area contributed by atoms with Crippen molar-refractivity contribution in [3.05, 3.63) is 52.8 Å². The van der Waals surface area contributed by atoms with Crippen LogP contribution in [0.4, 0.5) is 4.39 Å². The molecule has 3 rings (SSSR count). The van der Waals surface area contributed by atoms with Crippen molar-refractivity contribution in [2.45, 2.75) is 11.8 Å². The van der Waals surface area contributed by atoms with Crippen molar-refractivity contribution in [1.29, 1.82) is 0 Å². The molecular weight excluding hydrogens is 355 g/mol. The van der Waals surface area contributed by atoms with Gasteiger partial charge in [0.1, 0.15) is 5.82 Å². The summed E-state index contributed by atoms with van der Waals surface area (Å²) < 4.78 is 29.9. The van der Waals surface area contributed by atoms with E-state index in [9.17, 15) is 9.18 Å². The lowest BCUT2D eigenvalue weighted by molar-refractivity contribution is 0.103. The Kier molecular flexibility index (Phi) is 5.52. The first-order chi connectivity index (χ1) is 12.6. The minimum Gasteiger partial charge on any atom is -0.493 e. The van der Waals surface area contributed by atoms with Gasteiger partial charge in [-0.15, -0.1) is 11.8 Å². The van der Waals surface area contributed by atoms with Gasteiger partial charge in [-0.25, -0.2) is 4.39 Å². The van der Waals surface area contributed by atoms with E-state index in [0.717, 1.165) is 10.5 Å². The van der Waals surface area contributed by atoms with Gasteiger partial charge in [-0.05, 0) is 48.9 Å². The molecule has 0 aliphatic carbocycles. The molecule has 0 bridgehead atoms. The van der Waals surface area contributed by atoms with Crippen molar-refractivity contribution in [1.82, 2.24) is 0 Å². The number of hydrogen-bond donors (Lipinski definition) is 0. The van der Waals surface area contributed by atoms with Gasteiger partial charge in [0.05, 0.1) is 20.8 Å². The van der Waals surface area contributed by atoms with Gasteiger partial charge < -0.3 is 14.2 Å². The molecule has 136 valence electrons. The number of ether oxygens (including phenoxy) is 3. The summed E-state index contributed by atoms with van der Waals surface area (Å²) in [5.41, 5.74) is 1.75. The molecule has 0 unspecified atom stereocenters. The monoisotopic (exact) mass is 374 g/mol. The number of hydrogen-bond acceptors (Lipinski definition) is 5. The van der Waals surface area contributed by atoms with Crippen LogP contribution in [-0.4, -0.2) is 32.4 Å². The summed E-state index contributed by atoms with van der Waals surface area (Å²) in [5.74, 6) is 1.53. The van der Waals surface area contributed by atoms with Crippen molar-refractivity contribution in [2.24, 2.45) is 0 Å². The minimum absolute atomic E-state index is 0.162. The Morgan fingerprint density at radius 3 is 2.46 bits per heavy atom. The summed E-state index contributed by atoms with van der Waals surface area (Å²) in [6.45, 7) is 2.36. The number of rotatable bonds is 5. The van der Waals surface area contributed by atoms with E-state index in [1.807, 2.05) is 6.92 Å². The fourth-order valence-electron chi connectivity index (χ4n) is 2.78. The molecule has 0 amide bonds. The fraction of sp³-hybridized carbons (Fsp3) is 0.250. The number of benzene rings is 2. The molecule has 2 aromatic rings. The molecule has 0 radical (unpaired) electrons. The van der Waals surface area contributed by atoms with Crippen molar-refractivity contribution in [2.75, 3.05) is 26.6 Å². The lowest BCUT2D eigenvalue weighted by Gasteiger charge is -2.18. The number of thioether (sulfide) groups is 1. The first kappa shape index (κ1) is 18.3. The predicted octanol–water partition coefficient (Wildman–Crippen LogP) is 4.61. The Hall–Kier alpha value is -2.47. The number of carbonyl (C=O) groups excluding carboxylic acids is 1. The summed E-state index contributed by atoms with van der Waals surface area (Å²) in [6, 6.07) is 7.89. The van der Waals surface area contributed by atoms with Crippen LogP contribution < -0.4 is 14.2 Å². The molecule has 1 aliphatic rings. The van der Waals surface area contributed by atoms with E-state index in [1.54, 1.807) is 38.5 Å². The second-order valence-electron chi connectivity index (χ2n) is 5.62. The average Bonchev–Trinajstić information content (AvgIpc) is 2.65. The summed E-state index contributed by atoms with van der Waals surface area (Å²) >= 11 is 1.52. The first-order valence-electron chi connectivity index (χ1n) is 8.13. The molecule has 0 spiro atoms.